The van der Waals surface area contributed by atoms with Gasteiger partial charge < -0.3 is 15.6 Å². The Morgan fingerprint density at radius 1 is 1.54 bits per heavy atom. The molecule has 0 saturated heterocycles. The van der Waals surface area contributed by atoms with Crippen molar-refractivity contribution in [1.82, 2.24) is 9.97 Å². The van der Waals surface area contributed by atoms with Gasteiger partial charge in [-0.3, -0.25) is 0 Å². The van der Waals surface area contributed by atoms with Crippen LogP contribution in [-0.4, -0.2) is 28.8 Å². The Labute approximate surface area is 76.6 Å². The fourth-order valence-corrected chi connectivity index (χ4v) is 0.891. The number of aliphatic hydroxyl groups excluding tert-OH is 1. The van der Waals surface area contributed by atoms with Crippen LogP contribution in [0, 0.1) is 0 Å². The molecular formula is C8H13N3O2. The summed E-state index contributed by atoms with van der Waals surface area (Å²) < 4.78 is 4.89. The van der Waals surface area contributed by atoms with Crippen LogP contribution in [0.4, 0.5) is 0 Å². The lowest BCUT2D eigenvalue weighted by atomic mass is 10.2. The van der Waals surface area contributed by atoms with E-state index in [1.54, 1.807) is 19.5 Å². The number of hydrogen-bond acceptors (Lipinski definition) is 5. The van der Waals surface area contributed by atoms with Crippen LogP contribution in [0.2, 0.25) is 0 Å². The van der Waals surface area contributed by atoms with Crippen molar-refractivity contribution in [3.63, 3.8) is 0 Å². The zero-order chi connectivity index (χ0) is 9.68. The van der Waals surface area contributed by atoms with Gasteiger partial charge in [-0.25, -0.2) is 9.97 Å². The second-order valence-electron chi connectivity index (χ2n) is 2.60. The summed E-state index contributed by atoms with van der Waals surface area (Å²) in [6.07, 6.45) is 3.57. The maximum Gasteiger partial charge on any atom is 0.155 e. The third-order valence-electron chi connectivity index (χ3n) is 1.66. The molecule has 72 valence electrons. The lowest BCUT2D eigenvalue weighted by Crippen LogP contribution is -2.15. The Morgan fingerprint density at radius 2 is 2.15 bits per heavy atom. The number of nitrogens with two attached hydrogens (primary N) is 1. The Balaban J connectivity index is 2.67. The molecule has 0 bridgehead atoms. The van der Waals surface area contributed by atoms with E-state index in [-0.39, 0.29) is 12.6 Å². The molecule has 0 aliphatic rings. The van der Waals surface area contributed by atoms with E-state index in [4.69, 9.17) is 15.6 Å². The van der Waals surface area contributed by atoms with Crippen molar-refractivity contribution >= 4 is 0 Å². The summed E-state index contributed by atoms with van der Waals surface area (Å²) in [6, 6.07) is -0.309. The number of methoxy groups -OCH3 is 1. The van der Waals surface area contributed by atoms with Crippen molar-refractivity contribution < 1.29 is 9.84 Å². The van der Waals surface area contributed by atoms with E-state index in [0.717, 1.165) is 0 Å². The van der Waals surface area contributed by atoms with Crippen LogP contribution in [-0.2, 0) is 0 Å². The van der Waals surface area contributed by atoms with Gasteiger partial charge in [-0.1, -0.05) is 0 Å². The highest BCUT2D eigenvalue weighted by molar-refractivity contribution is 5.12. The highest BCUT2D eigenvalue weighted by Crippen LogP contribution is 2.10. The van der Waals surface area contributed by atoms with Gasteiger partial charge in [-0.2, -0.15) is 0 Å². The standard InChI is InChI=1S/C8H13N3O2/c1-13-6-4-10-8(11-5-6)7(9)2-3-12/h4-5,7,12H,2-3,9H2,1H3. The predicted octanol–water partition coefficient (Wildman–Crippen LogP) is -0.133. The number of nitrogens with zero attached hydrogens (tertiary/aromatic N) is 2. The third-order valence-corrected chi connectivity index (χ3v) is 1.66. The number of rotatable bonds is 4. The Hall–Kier alpha value is -1.20. The minimum atomic E-state index is -0.309. The van der Waals surface area contributed by atoms with Crippen LogP contribution in [0.1, 0.15) is 18.3 Å². The molecule has 0 aliphatic heterocycles. The monoisotopic (exact) mass is 183 g/mol. The number of hydrogen-bond donors (Lipinski definition) is 2. The average molecular weight is 183 g/mol. The van der Waals surface area contributed by atoms with Gasteiger partial charge in [0.05, 0.1) is 25.5 Å². The van der Waals surface area contributed by atoms with Crippen molar-refractivity contribution in [3.8, 4) is 5.75 Å². The van der Waals surface area contributed by atoms with Crippen LogP contribution in [0.15, 0.2) is 12.4 Å². The van der Waals surface area contributed by atoms with E-state index in [1.165, 1.54) is 0 Å². The van der Waals surface area contributed by atoms with E-state index in [9.17, 15) is 0 Å². The molecule has 0 aliphatic carbocycles. The van der Waals surface area contributed by atoms with Crippen molar-refractivity contribution in [1.29, 1.82) is 0 Å². The molecule has 0 amide bonds. The molecule has 5 nitrogen and oxygen atoms in total. The van der Waals surface area contributed by atoms with E-state index >= 15 is 0 Å². The van der Waals surface area contributed by atoms with Crippen LogP contribution in [0.3, 0.4) is 0 Å². The first-order chi connectivity index (χ1) is 6.27. The first kappa shape index (κ1) is 9.88. The molecule has 13 heavy (non-hydrogen) atoms. The molecule has 1 rings (SSSR count). The maximum atomic E-state index is 8.64. The lowest BCUT2D eigenvalue weighted by Gasteiger charge is -2.07. The molecule has 1 atom stereocenters. The topological polar surface area (TPSA) is 81.3 Å². The summed E-state index contributed by atoms with van der Waals surface area (Å²) in [5, 5.41) is 8.64. The van der Waals surface area contributed by atoms with Gasteiger partial charge in [0.15, 0.2) is 5.75 Å². The Bertz CT molecular complexity index is 250. The fourth-order valence-electron chi connectivity index (χ4n) is 0.891. The molecule has 5 heteroatoms. The highest BCUT2D eigenvalue weighted by atomic mass is 16.5. The summed E-state index contributed by atoms with van der Waals surface area (Å²) in [7, 11) is 1.55. The number of aromatic nitrogens is 2. The molecule has 1 aromatic heterocycles. The van der Waals surface area contributed by atoms with Crippen molar-refractivity contribution in [2.24, 2.45) is 5.73 Å². The SMILES string of the molecule is COc1cnc(C(N)CCO)nc1. The summed E-state index contributed by atoms with van der Waals surface area (Å²) in [6.45, 7) is 0.0382. The summed E-state index contributed by atoms with van der Waals surface area (Å²) in [4.78, 5) is 7.99. The van der Waals surface area contributed by atoms with E-state index in [0.29, 0.717) is 18.0 Å². The highest BCUT2D eigenvalue weighted by Gasteiger charge is 2.07. The fraction of sp³-hybridized carbons (Fsp3) is 0.500. The van der Waals surface area contributed by atoms with Gasteiger partial charge in [-0.05, 0) is 6.42 Å². The van der Waals surface area contributed by atoms with Crippen LogP contribution in [0.5, 0.6) is 5.75 Å². The summed E-state index contributed by atoms with van der Waals surface area (Å²) >= 11 is 0. The molecular weight excluding hydrogens is 170 g/mol. The Kier molecular flexibility index (Phi) is 3.60. The van der Waals surface area contributed by atoms with Gasteiger partial charge in [-0.15, -0.1) is 0 Å². The quantitative estimate of drug-likeness (QED) is 0.679. The molecule has 1 aromatic rings. The van der Waals surface area contributed by atoms with Crippen LogP contribution in [0.25, 0.3) is 0 Å². The summed E-state index contributed by atoms with van der Waals surface area (Å²) in [5.41, 5.74) is 5.67. The van der Waals surface area contributed by atoms with Crippen molar-refractivity contribution in [3.05, 3.63) is 18.2 Å². The van der Waals surface area contributed by atoms with Gasteiger partial charge >= 0.3 is 0 Å². The van der Waals surface area contributed by atoms with Crippen LogP contribution >= 0.6 is 0 Å². The van der Waals surface area contributed by atoms with E-state index < -0.39 is 0 Å². The van der Waals surface area contributed by atoms with Gasteiger partial charge in [0.25, 0.3) is 0 Å². The van der Waals surface area contributed by atoms with E-state index in [1.807, 2.05) is 0 Å². The van der Waals surface area contributed by atoms with Crippen molar-refractivity contribution in [2.75, 3.05) is 13.7 Å². The molecule has 3 N–H and O–H groups in total. The van der Waals surface area contributed by atoms with Crippen molar-refractivity contribution in [2.45, 2.75) is 12.5 Å². The molecule has 1 heterocycles. The predicted molar refractivity (Wildman–Crippen MR) is 47.2 cm³/mol. The average Bonchev–Trinajstić information content (AvgIpc) is 2.18. The first-order valence-electron chi connectivity index (χ1n) is 4.00. The summed E-state index contributed by atoms with van der Waals surface area (Å²) in [5.74, 6) is 1.12. The molecule has 0 saturated carbocycles. The van der Waals surface area contributed by atoms with Gasteiger partial charge in [0.2, 0.25) is 0 Å². The second-order valence-corrected chi connectivity index (χ2v) is 2.60. The number of ether oxygens (including phenoxy) is 1. The third kappa shape index (κ3) is 2.64. The van der Waals surface area contributed by atoms with Crippen LogP contribution < -0.4 is 10.5 Å². The maximum absolute atomic E-state index is 8.64. The largest absolute Gasteiger partial charge is 0.494 e. The molecule has 0 radical (unpaired) electrons. The second kappa shape index (κ2) is 4.74. The van der Waals surface area contributed by atoms with Gasteiger partial charge in [0, 0.05) is 6.61 Å². The zero-order valence-electron chi connectivity index (χ0n) is 7.47. The molecule has 0 fully saturated rings. The Morgan fingerprint density at radius 3 is 2.62 bits per heavy atom. The molecule has 0 spiro atoms. The first-order valence-corrected chi connectivity index (χ1v) is 4.00. The minimum absolute atomic E-state index is 0.0382. The smallest absolute Gasteiger partial charge is 0.155 e. The molecule has 1 unspecified atom stereocenters. The van der Waals surface area contributed by atoms with Gasteiger partial charge in [0.1, 0.15) is 5.82 Å². The minimum Gasteiger partial charge on any atom is -0.494 e. The van der Waals surface area contributed by atoms with E-state index in [2.05, 4.69) is 9.97 Å². The lowest BCUT2D eigenvalue weighted by molar-refractivity contribution is 0.274. The molecule has 0 aromatic carbocycles. The number of aliphatic hydroxyl groups is 1. The zero-order valence-corrected chi connectivity index (χ0v) is 7.47. The normalized spacial score (nSPS) is 12.5.